The minimum atomic E-state index is -1.06. The Kier molecular flexibility index (Phi) is 12.4. The fraction of sp³-hybridized carbons (Fsp3) is 0.600. The average molecular weight is 136 g/mol. The van der Waals surface area contributed by atoms with Crippen LogP contribution in [-0.4, -0.2) is 22.3 Å². The third-order valence-corrected chi connectivity index (χ3v) is 0.400. The largest absolute Gasteiger partial charge is 0.481 e. The molecule has 0 unspecified atom stereocenters. The molecule has 0 aromatic rings. The summed E-state index contributed by atoms with van der Waals surface area (Å²) in [5, 5.41) is 7.86. The molecule has 0 saturated heterocycles. The minimum absolute atomic E-state index is 0. The highest BCUT2D eigenvalue weighted by molar-refractivity contribution is 5.93. The monoisotopic (exact) mass is 136 g/mol. The van der Waals surface area contributed by atoms with Crippen molar-refractivity contribution in [3.8, 4) is 0 Å². The van der Waals surface area contributed by atoms with Gasteiger partial charge in [-0.3, -0.25) is 9.59 Å². The van der Waals surface area contributed by atoms with Gasteiger partial charge in [0.05, 0.1) is 0 Å². The van der Waals surface area contributed by atoms with Crippen LogP contribution in [-0.2, 0) is 9.59 Å². The van der Waals surface area contributed by atoms with Crippen molar-refractivity contribution < 1.29 is 20.2 Å². The molecule has 0 aliphatic heterocycles. The first kappa shape index (κ1) is 15.7. The van der Waals surface area contributed by atoms with Gasteiger partial charge in [-0.15, -0.1) is 0 Å². The van der Waals surface area contributed by atoms with Gasteiger partial charge in [0.2, 0.25) is 0 Å². The minimum Gasteiger partial charge on any atom is -0.481 e. The maximum absolute atomic E-state index is 9.87. The smallest absolute Gasteiger partial charge is 0.310 e. The Balaban J connectivity index is -0.000000180. The highest BCUT2D eigenvalue weighted by Crippen LogP contribution is 1.77. The van der Waals surface area contributed by atoms with E-state index in [4.69, 9.17) is 5.11 Å². The molecule has 0 aromatic heterocycles. The molecule has 0 fully saturated rings. The van der Waals surface area contributed by atoms with E-state index in [0.717, 1.165) is 0 Å². The molecule has 0 saturated carbocycles. The van der Waals surface area contributed by atoms with Gasteiger partial charge in [0.15, 0.2) is 0 Å². The number of Topliss-reactive ketones (excluding diaryl/α,β-unsaturated/α-hetero) is 1. The number of carbonyl (C=O) groups excluding carboxylic acids is 1. The van der Waals surface area contributed by atoms with Crippen molar-refractivity contribution >= 4 is 11.8 Å². The maximum Gasteiger partial charge on any atom is 0.310 e. The summed E-state index contributed by atoms with van der Waals surface area (Å²) in [4.78, 5) is 19.5. The lowest BCUT2D eigenvalue weighted by molar-refractivity contribution is -0.139. The van der Waals surface area contributed by atoms with E-state index in [-0.39, 0.29) is 25.1 Å². The SMILES string of the molecule is C.CC(=O)CC(=O)O.O. The Morgan fingerprint density at radius 1 is 1.44 bits per heavy atom. The predicted octanol–water partition coefficient (Wildman–Crippen LogP) is -0.139. The molecule has 4 heteroatoms. The van der Waals surface area contributed by atoms with Crippen molar-refractivity contribution in [1.82, 2.24) is 0 Å². The van der Waals surface area contributed by atoms with E-state index in [1.807, 2.05) is 0 Å². The number of aliphatic carboxylic acids is 1. The third kappa shape index (κ3) is 19.2. The summed E-state index contributed by atoms with van der Waals surface area (Å²) < 4.78 is 0. The van der Waals surface area contributed by atoms with Crippen LogP contribution in [0.4, 0.5) is 0 Å². The Bertz CT molecular complexity index is 85.1. The first-order chi connectivity index (χ1) is 3.13. The molecule has 9 heavy (non-hydrogen) atoms. The first-order valence-electron chi connectivity index (χ1n) is 1.84. The number of rotatable bonds is 2. The summed E-state index contributed by atoms with van der Waals surface area (Å²) in [7, 11) is 0. The Morgan fingerprint density at radius 2 is 1.78 bits per heavy atom. The number of carboxylic acids is 1. The fourth-order valence-corrected chi connectivity index (χ4v) is 0.213. The van der Waals surface area contributed by atoms with Crippen LogP contribution in [0.15, 0.2) is 0 Å². The zero-order valence-electron chi connectivity index (χ0n) is 4.47. The van der Waals surface area contributed by atoms with Crippen molar-refractivity contribution in [3.63, 3.8) is 0 Å². The number of ketones is 1. The molecule has 0 atom stereocenters. The van der Waals surface area contributed by atoms with Gasteiger partial charge in [-0.2, -0.15) is 0 Å². The molecule has 0 aliphatic rings. The molecule has 0 spiro atoms. The van der Waals surface area contributed by atoms with E-state index < -0.39 is 5.97 Å². The van der Waals surface area contributed by atoms with Crippen LogP contribution in [0, 0.1) is 0 Å². The van der Waals surface area contributed by atoms with Crippen LogP contribution in [0.1, 0.15) is 20.8 Å². The van der Waals surface area contributed by atoms with Gasteiger partial charge < -0.3 is 10.6 Å². The zero-order valence-corrected chi connectivity index (χ0v) is 4.47. The second-order valence-electron chi connectivity index (χ2n) is 1.27. The molecule has 4 nitrogen and oxygen atoms in total. The molecule has 0 bridgehead atoms. The normalized spacial score (nSPS) is 6.33. The standard InChI is InChI=1S/C4H6O3.CH4.H2O/c1-3(5)2-4(6)7;;/h2H2,1H3,(H,6,7);1H4;1H2. The molecule has 0 aromatic carbocycles. The number of hydrogen-bond acceptors (Lipinski definition) is 2. The summed E-state index contributed by atoms with van der Waals surface area (Å²) in [6.45, 7) is 1.24. The molecule has 0 radical (unpaired) electrons. The molecular weight excluding hydrogens is 124 g/mol. The van der Waals surface area contributed by atoms with E-state index in [1.165, 1.54) is 6.92 Å². The number of hydrogen-bond donors (Lipinski definition) is 1. The molecule has 0 amide bonds. The summed E-state index contributed by atoms with van der Waals surface area (Å²) in [6.07, 6.45) is -0.361. The van der Waals surface area contributed by atoms with Crippen molar-refractivity contribution in [2.45, 2.75) is 20.8 Å². The average Bonchev–Trinajstić information content (AvgIpc) is 1.27. The zero-order chi connectivity index (χ0) is 5.86. The van der Waals surface area contributed by atoms with E-state index in [0.29, 0.717) is 0 Å². The van der Waals surface area contributed by atoms with Crippen LogP contribution in [0.25, 0.3) is 0 Å². The Hall–Kier alpha value is -0.900. The molecule has 0 rings (SSSR count). The number of carboxylic acid groups (broad SMARTS) is 1. The molecule has 56 valence electrons. The molecule has 0 heterocycles. The van der Waals surface area contributed by atoms with E-state index in [9.17, 15) is 9.59 Å². The molecule has 0 aliphatic carbocycles. The Morgan fingerprint density at radius 3 is 1.78 bits per heavy atom. The quantitative estimate of drug-likeness (QED) is 0.536. The van der Waals surface area contributed by atoms with Gasteiger partial charge in [-0.05, 0) is 6.92 Å². The van der Waals surface area contributed by atoms with Crippen LogP contribution in [0.5, 0.6) is 0 Å². The van der Waals surface area contributed by atoms with Crippen molar-refractivity contribution in [1.29, 1.82) is 0 Å². The summed E-state index contributed by atoms with van der Waals surface area (Å²) in [6, 6.07) is 0. The third-order valence-electron chi connectivity index (χ3n) is 0.400. The lowest BCUT2D eigenvalue weighted by Crippen LogP contribution is -2.00. The predicted molar refractivity (Wildman–Crippen MR) is 33.3 cm³/mol. The van der Waals surface area contributed by atoms with Gasteiger partial charge in [0.1, 0.15) is 12.2 Å². The number of carbonyl (C=O) groups is 2. The highest BCUT2D eigenvalue weighted by atomic mass is 16.4. The van der Waals surface area contributed by atoms with E-state index in [2.05, 4.69) is 0 Å². The van der Waals surface area contributed by atoms with Crippen LogP contribution < -0.4 is 0 Å². The van der Waals surface area contributed by atoms with Crippen LogP contribution >= 0.6 is 0 Å². The fourth-order valence-electron chi connectivity index (χ4n) is 0.213. The highest BCUT2D eigenvalue weighted by Gasteiger charge is 1.98. The van der Waals surface area contributed by atoms with Crippen LogP contribution in [0.3, 0.4) is 0 Å². The van der Waals surface area contributed by atoms with Crippen molar-refractivity contribution in [2.24, 2.45) is 0 Å². The van der Waals surface area contributed by atoms with E-state index >= 15 is 0 Å². The van der Waals surface area contributed by atoms with Gasteiger partial charge in [-0.25, -0.2) is 0 Å². The molecule has 3 N–H and O–H groups in total. The summed E-state index contributed by atoms with van der Waals surface area (Å²) in [5.41, 5.74) is 0. The van der Waals surface area contributed by atoms with Crippen molar-refractivity contribution in [2.75, 3.05) is 0 Å². The van der Waals surface area contributed by atoms with Gasteiger partial charge >= 0.3 is 5.97 Å². The second-order valence-corrected chi connectivity index (χ2v) is 1.27. The van der Waals surface area contributed by atoms with Crippen molar-refractivity contribution in [3.05, 3.63) is 0 Å². The van der Waals surface area contributed by atoms with Gasteiger partial charge in [0, 0.05) is 0 Å². The maximum atomic E-state index is 9.87. The Labute approximate surface area is 53.8 Å². The summed E-state index contributed by atoms with van der Waals surface area (Å²) in [5.74, 6) is -1.37. The lowest BCUT2D eigenvalue weighted by Gasteiger charge is -1.80. The second kappa shape index (κ2) is 7.10. The lowest BCUT2D eigenvalue weighted by atomic mass is 10.3. The van der Waals surface area contributed by atoms with Crippen LogP contribution in [0.2, 0.25) is 0 Å². The first-order valence-corrected chi connectivity index (χ1v) is 1.84. The summed E-state index contributed by atoms with van der Waals surface area (Å²) >= 11 is 0. The topological polar surface area (TPSA) is 85.9 Å². The van der Waals surface area contributed by atoms with E-state index in [1.54, 1.807) is 0 Å². The van der Waals surface area contributed by atoms with Gasteiger partial charge in [-0.1, -0.05) is 7.43 Å². The van der Waals surface area contributed by atoms with Gasteiger partial charge in [0.25, 0.3) is 0 Å². The molecular formula is C5H12O4.